The van der Waals surface area contributed by atoms with Crippen LogP contribution < -0.4 is 0 Å². The van der Waals surface area contributed by atoms with Crippen LogP contribution in [-0.2, 0) is 23.8 Å². The van der Waals surface area contributed by atoms with Crippen LogP contribution in [0.1, 0.15) is 70.6 Å². The highest BCUT2D eigenvalue weighted by atomic mass is 16.7. The molecule has 0 aromatic carbocycles. The molecule has 9 aliphatic rings. The van der Waals surface area contributed by atoms with Crippen LogP contribution >= 0.6 is 0 Å². The molecule has 0 radical (unpaired) electrons. The average Bonchev–Trinajstić information content (AvgIpc) is 2.74. The number of aliphatic hydroxyl groups is 1. The van der Waals surface area contributed by atoms with E-state index < -0.39 is 28.2 Å². The molecule has 1 spiro atoms. The van der Waals surface area contributed by atoms with Crippen molar-refractivity contribution in [1.82, 2.24) is 0 Å². The molecule has 33 heavy (non-hydrogen) atoms. The van der Waals surface area contributed by atoms with Crippen molar-refractivity contribution in [3.63, 3.8) is 0 Å². The number of aliphatic carboxylic acids is 1. The lowest BCUT2D eigenvalue weighted by atomic mass is 9.47. The molecule has 182 valence electrons. The van der Waals surface area contributed by atoms with Gasteiger partial charge >= 0.3 is 11.9 Å². The second kappa shape index (κ2) is 6.73. The van der Waals surface area contributed by atoms with Crippen molar-refractivity contribution in [3.05, 3.63) is 0 Å². The van der Waals surface area contributed by atoms with Crippen molar-refractivity contribution in [2.75, 3.05) is 19.8 Å². The topological polar surface area (TPSA) is 102 Å². The van der Waals surface area contributed by atoms with Crippen LogP contribution in [0.4, 0.5) is 0 Å². The Labute approximate surface area is 194 Å². The lowest BCUT2D eigenvalue weighted by Crippen LogP contribution is -2.66. The number of rotatable bonds is 4. The van der Waals surface area contributed by atoms with Gasteiger partial charge in [-0.05, 0) is 88.4 Å². The summed E-state index contributed by atoms with van der Waals surface area (Å²) in [6, 6.07) is 0. The minimum atomic E-state index is -0.667. The lowest BCUT2D eigenvalue weighted by molar-refractivity contribution is -0.375. The molecule has 7 heteroatoms. The predicted molar refractivity (Wildman–Crippen MR) is 115 cm³/mol. The molecule has 8 saturated carbocycles. The number of hydrogen-bond acceptors (Lipinski definition) is 6. The zero-order valence-electron chi connectivity index (χ0n) is 19.3. The van der Waals surface area contributed by atoms with Gasteiger partial charge in [-0.15, -0.1) is 0 Å². The molecule has 8 bridgehead atoms. The van der Waals surface area contributed by atoms with Crippen molar-refractivity contribution in [2.45, 2.75) is 82.0 Å². The molecule has 0 amide bonds. The van der Waals surface area contributed by atoms with Gasteiger partial charge in [0.1, 0.15) is 0 Å². The molecule has 1 saturated heterocycles. The van der Waals surface area contributed by atoms with E-state index in [4.69, 9.17) is 14.2 Å². The van der Waals surface area contributed by atoms with Crippen LogP contribution in [0.5, 0.6) is 0 Å². The van der Waals surface area contributed by atoms with Crippen LogP contribution in [0, 0.1) is 46.3 Å². The van der Waals surface area contributed by atoms with E-state index >= 15 is 0 Å². The molecular weight excluding hydrogens is 424 g/mol. The summed E-state index contributed by atoms with van der Waals surface area (Å²) in [4.78, 5) is 25.2. The van der Waals surface area contributed by atoms with Gasteiger partial charge in [0, 0.05) is 17.8 Å². The fraction of sp³-hybridized carbons (Fsp3) is 0.923. The molecule has 4 unspecified atom stereocenters. The summed E-state index contributed by atoms with van der Waals surface area (Å²) < 4.78 is 18.7. The first-order valence-electron chi connectivity index (χ1n) is 13.1. The molecule has 1 heterocycles. The third-order valence-corrected chi connectivity index (χ3v) is 10.8. The molecular formula is C26H36O7. The van der Waals surface area contributed by atoms with E-state index in [-0.39, 0.29) is 23.7 Å². The Morgan fingerprint density at radius 1 is 0.818 bits per heavy atom. The summed E-state index contributed by atoms with van der Waals surface area (Å²) in [5, 5.41) is 20.8. The lowest BCUT2D eigenvalue weighted by Gasteiger charge is -2.64. The molecule has 4 atom stereocenters. The van der Waals surface area contributed by atoms with Crippen LogP contribution in [0.3, 0.4) is 0 Å². The first-order chi connectivity index (χ1) is 15.7. The third kappa shape index (κ3) is 2.97. The van der Waals surface area contributed by atoms with Gasteiger partial charge in [-0.2, -0.15) is 0 Å². The molecule has 8 aliphatic carbocycles. The molecule has 0 aromatic heterocycles. The van der Waals surface area contributed by atoms with Crippen molar-refractivity contribution >= 4 is 11.9 Å². The summed E-state index contributed by atoms with van der Waals surface area (Å²) in [7, 11) is 0. The number of esters is 1. The smallest absolute Gasteiger partial charge is 0.312 e. The summed E-state index contributed by atoms with van der Waals surface area (Å²) in [5.41, 5.74) is -1.74. The van der Waals surface area contributed by atoms with Crippen molar-refractivity contribution in [2.24, 2.45) is 46.3 Å². The quantitative estimate of drug-likeness (QED) is 0.622. The number of carboxylic acid groups (broad SMARTS) is 1. The maximum Gasteiger partial charge on any atom is 0.312 e. The predicted octanol–water partition coefficient (Wildman–Crippen LogP) is 3.13. The van der Waals surface area contributed by atoms with E-state index in [0.717, 1.165) is 51.4 Å². The van der Waals surface area contributed by atoms with E-state index in [1.54, 1.807) is 0 Å². The molecule has 1 aliphatic heterocycles. The maximum atomic E-state index is 13.2. The number of carbonyl (C=O) groups is 2. The summed E-state index contributed by atoms with van der Waals surface area (Å²) >= 11 is 0. The minimum Gasteiger partial charge on any atom is -0.481 e. The van der Waals surface area contributed by atoms with Gasteiger partial charge in [-0.25, -0.2) is 0 Å². The molecule has 0 aromatic rings. The number of hydrogen-bond donors (Lipinski definition) is 2. The van der Waals surface area contributed by atoms with Crippen molar-refractivity contribution in [3.8, 4) is 0 Å². The molecule has 9 fully saturated rings. The van der Waals surface area contributed by atoms with Crippen LogP contribution in [0.25, 0.3) is 0 Å². The van der Waals surface area contributed by atoms with Gasteiger partial charge in [-0.3, -0.25) is 9.59 Å². The van der Waals surface area contributed by atoms with Gasteiger partial charge in [0.25, 0.3) is 0 Å². The monoisotopic (exact) mass is 460 g/mol. The fourth-order valence-corrected chi connectivity index (χ4v) is 10.1. The van der Waals surface area contributed by atoms with Gasteiger partial charge in [-0.1, -0.05) is 0 Å². The van der Waals surface area contributed by atoms with E-state index in [1.165, 1.54) is 0 Å². The van der Waals surface area contributed by atoms with Gasteiger partial charge < -0.3 is 24.4 Å². The third-order valence-electron chi connectivity index (χ3n) is 10.8. The SMILES string of the molecule is O=C(O)C12CC3CC(C1)C1(OCC(COC(=O)C45CC6CC(CC(O)(C6)C4)C5)CO1)C(C3)C2. The minimum absolute atomic E-state index is 0.00203. The highest BCUT2D eigenvalue weighted by molar-refractivity contribution is 5.78. The Kier molecular flexibility index (Phi) is 4.31. The van der Waals surface area contributed by atoms with Crippen LogP contribution in [0.2, 0.25) is 0 Å². The Balaban J connectivity index is 0.985. The van der Waals surface area contributed by atoms with E-state index in [0.29, 0.717) is 56.8 Å². The van der Waals surface area contributed by atoms with E-state index in [9.17, 15) is 19.8 Å². The van der Waals surface area contributed by atoms with Crippen molar-refractivity contribution in [1.29, 1.82) is 0 Å². The first kappa shape index (κ1) is 21.1. The Hall–Kier alpha value is -1.18. The fourth-order valence-electron chi connectivity index (χ4n) is 10.1. The highest BCUT2D eigenvalue weighted by Crippen LogP contribution is 2.66. The first-order valence-corrected chi connectivity index (χ1v) is 13.1. The van der Waals surface area contributed by atoms with Crippen LogP contribution in [0.15, 0.2) is 0 Å². The average molecular weight is 461 g/mol. The standard InChI is InChI=1S/C26H36O7/c27-21(28)23-4-15-2-19(9-23)26(20(3-15)10-23)32-12-18(13-33-26)11-31-22(29)24-5-16-1-17(6-24)8-25(30,7-16)14-24/h15-20,30H,1-14H2,(H,27,28). The Bertz CT molecular complexity index is 842. The summed E-state index contributed by atoms with van der Waals surface area (Å²) in [6.07, 6.45) is 9.24. The normalized spacial score (nSPS) is 55.8. The van der Waals surface area contributed by atoms with Crippen LogP contribution in [-0.4, -0.2) is 53.4 Å². The van der Waals surface area contributed by atoms with Gasteiger partial charge in [0.15, 0.2) is 5.79 Å². The van der Waals surface area contributed by atoms with E-state index in [2.05, 4.69) is 0 Å². The number of ether oxygens (including phenoxy) is 3. The maximum absolute atomic E-state index is 13.2. The molecule has 9 rings (SSSR count). The largest absolute Gasteiger partial charge is 0.481 e. The zero-order chi connectivity index (χ0) is 22.6. The highest BCUT2D eigenvalue weighted by Gasteiger charge is 2.67. The van der Waals surface area contributed by atoms with Gasteiger partial charge in [0.2, 0.25) is 0 Å². The van der Waals surface area contributed by atoms with Gasteiger partial charge in [0.05, 0.1) is 36.3 Å². The second-order valence-corrected chi connectivity index (χ2v) is 13.2. The summed E-state index contributed by atoms with van der Waals surface area (Å²) in [6.45, 7) is 1.28. The summed E-state index contributed by atoms with van der Waals surface area (Å²) in [5.74, 6) is 0.270. The van der Waals surface area contributed by atoms with E-state index in [1.807, 2.05) is 0 Å². The second-order valence-electron chi connectivity index (χ2n) is 13.2. The number of carbonyl (C=O) groups excluding carboxylic acids is 1. The zero-order valence-corrected chi connectivity index (χ0v) is 19.3. The Morgan fingerprint density at radius 2 is 1.42 bits per heavy atom. The molecule has 7 nitrogen and oxygen atoms in total. The number of carboxylic acids is 1. The molecule has 2 N–H and O–H groups in total. The Morgan fingerprint density at radius 3 is 2.00 bits per heavy atom. The van der Waals surface area contributed by atoms with Crippen molar-refractivity contribution < 1.29 is 34.0 Å².